The van der Waals surface area contributed by atoms with Crippen LogP contribution < -0.4 is 0 Å². The van der Waals surface area contributed by atoms with Gasteiger partial charge in [0.25, 0.3) is 0 Å². The van der Waals surface area contributed by atoms with Crippen LogP contribution in [0.15, 0.2) is 16.8 Å². The van der Waals surface area contributed by atoms with Crippen molar-refractivity contribution < 1.29 is 9.94 Å². The van der Waals surface area contributed by atoms with Crippen molar-refractivity contribution in [2.45, 2.75) is 32.5 Å². The lowest BCUT2D eigenvalue weighted by Gasteiger charge is -2.23. The summed E-state index contributed by atoms with van der Waals surface area (Å²) in [6.45, 7) is 3.98. The molecule has 0 aliphatic carbocycles. The van der Waals surface area contributed by atoms with Gasteiger partial charge in [-0.3, -0.25) is 0 Å². The van der Waals surface area contributed by atoms with Crippen LogP contribution in [0.1, 0.15) is 20.3 Å². The van der Waals surface area contributed by atoms with E-state index in [2.05, 4.69) is 5.16 Å². The molecule has 0 unspecified atom stereocenters. The molecule has 1 aliphatic rings. The average Bonchev–Trinajstić information content (AvgIpc) is 1.95. The van der Waals surface area contributed by atoms with Crippen molar-refractivity contribution >= 4 is 6.21 Å². The van der Waals surface area contributed by atoms with Crippen LogP contribution in [0, 0.1) is 0 Å². The second-order valence-electron chi connectivity index (χ2n) is 2.77. The van der Waals surface area contributed by atoms with Crippen molar-refractivity contribution in [3.63, 3.8) is 0 Å². The van der Waals surface area contributed by atoms with Crippen LogP contribution in [-0.4, -0.2) is 23.6 Å². The second-order valence-corrected chi connectivity index (χ2v) is 2.77. The van der Waals surface area contributed by atoms with Gasteiger partial charge >= 0.3 is 0 Å². The minimum absolute atomic E-state index is 0.0506. The average molecular weight is 155 g/mol. The van der Waals surface area contributed by atoms with Crippen LogP contribution in [0.4, 0.5) is 0 Å². The van der Waals surface area contributed by atoms with E-state index in [4.69, 9.17) is 9.94 Å². The molecular formula is C8H13NO2. The van der Waals surface area contributed by atoms with Crippen molar-refractivity contribution in [2.24, 2.45) is 5.16 Å². The van der Waals surface area contributed by atoms with Gasteiger partial charge < -0.3 is 9.94 Å². The second kappa shape index (κ2) is 3.53. The van der Waals surface area contributed by atoms with Gasteiger partial charge in [-0.1, -0.05) is 11.2 Å². The third-order valence-electron chi connectivity index (χ3n) is 1.80. The summed E-state index contributed by atoms with van der Waals surface area (Å²) in [6.07, 6.45) is 4.69. The van der Waals surface area contributed by atoms with E-state index in [1.54, 1.807) is 0 Å². The van der Waals surface area contributed by atoms with E-state index in [-0.39, 0.29) is 12.2 Å². The van der Waals surface area contributed by atoms with Gasteiger partial charge in [0.15, 0.2) is 0 Å². The predicted octanol–water partition coefficient (Wildman–Crippen LogP) is 1.57. The summed E-state index contributed by atoms with van der Waals surface area (Å²) in [5.41, 5.74) is 0.950. The first-order chi connectivity index (χ1) is 5.24. The fraction of sp³-hybridized carbons (Fsp3) is 0.625. The first-order valence-electron chi connectivity index (χ1n) is 3.77. The number of hydrogen-bond donors (Lipinski definition) is 1. The Labute approximate surface area is 66.4 Å². The quantitative estimate of drug-likeness (QED) is 0.355. The first-order valence-corrected chi connectivity index (χ1v) is 3.77. The Balaban J connectivity index is 2.64. The highest BCUT2D eigenvalue weighted by atomic mass is 16.5. The van der Waals surface area contributed by atoms with Crippen LogP contribution in [0.2, 0.25) is 0 Å². The monoisotopic (exact) mass is 155 g/mol. The molecule has 0 aromatic carbocycles. The number of rotatable bonds is 1. The molecular weight excluding hydrogens is 142 g/mol. The highest BCUT2D eigenvalue weighted by molar-refractivity contribution is 5.79. The van der Waals surface area contributed by atoms with Gasteiger partial charge in [-0.05, 0) is 25.8 Å². The van der Waals surface area contributed by atoms with E-state index < -0.39 is 0 Å². The Kier molecular flexibility index (Phi) is 2.65. The molecule has 11 heavy (non-hydrogen) atoms. The molecule has 62 valence electrons. The molecule has 0 fully saturated rings. The SMILES string of the molecule is C[C@@H]1CC=C(/C=N\O)[C@H](C)O1. The zero-order valence-electron chi connectivity index (χ0n) is 6.82. The molecule has 0 spiro atoms. The summed E-state index contributed by atoms with van der Waals surface area (Å²) in [4.78, 5) is 0. The van der Waals surface area contributed by atoms with Crippen molar-refractivity contribution in [1.82, 2.24) is 0 Å². The molecule has 0 radical (unpaired) electrons. The maximum absolute atomic E-state index is 8.28. The fourth-order valence-corrected chi connectivity index (χ4v) is 1.17. The molecule has 1 N–H and O–H groups in total. The van der Waals surface area contributed by atoms with Gasteiger partial charge in [0.1, 0.15) is 0 Å². The molecule has 2 atom stereocenters. The van der Waals surface area contributed by atoms with Crippen LogP contribution in [-0.2, 0) is 4.74 Å². The number of ether oxygens (including phenoxy) is 1. The third kappa shape index (κ3) is 2.05. The lowest BCUT2D eigenvalue weighted by atomic mass is 10.1. The summed E-state index contributed by atoms with van der Waals surface area (Å²) >= 11 is 0. The van der Waals surface area contributed by atoms with Crippen LogP contribution in [0.25, 0.3) is 0 Å². The van der Waals surface area contributed by atoms with Crippen molar-refractivity contribution in [2.75, 3.05) is 0 Å². The zero-order chi connectivity index (χ0) is 8.27. The Morgan fingerprint density at radius 2 is 2.45 bits per heavy atom. The summed E-state index contributed by atoms with van der Waals surface area (Å²) < 4.78 is 5.48. The summed E-state index contributed by atoms with van der Waals surface area (Å²) in [5.74, 6) is 0. The van der Waals surface area contributed by atoms with E-state index >= 15 is 0 Å². The predicted molar refractivity (Wildman–Crippen MR) is 43.0 cm³/mol. The number of nitrogens with zero attached hydrogens (tertiary/aromatic N) is 1. The van der Waals surface area contributed by atoms with Gasteiger partial charge in [-0.25, -0.2) is 0 Å². The molecule has 1 rings (SSSR count). The number of hydrogen-bond acceptors (Lipinski definition) is 3. The van der Waals surface area contributed by atoms with E-state index in [1.807, 2.05) is 19.9 Å². The van der Waals surface area contributed by atoms with Crippen molar-refractivity contribution in [3.8, 4) is 0 Å². The highest BCUT2D eigenvalue weighted by Crippen LogP contribution is 2.16. The third-order valence-corrected chi connectivity index (χ3v) is 1.80. The van der Waals surface area contributed by atoms with Gasteiger partial charge in [0.2, 0.25) is 0 Å². The van der Waals surface area contributed by atoms with Crippen molar-refractivity contribution in [3.05, 3.63) is 11.6 Å². The molecule has 0 aromatic heterocycles. The largest absolute Gasteiger partial charge is 0.411 e. The van der Waals surface area contributed by atoms with E-state index in [9.17, 15) is 0 Å². The summed E-state index contributed by atoms with van der Waals surface area (Å²) in [5, 5.41) is 11.2. The molecule has 0 saturated heterocycles. The minimum atomic E-state index is 0.0506. The van der Waals surface area contributed by atoms with Gasteiger partial charge in [-0.15, -0.1) is 0 Å². The fourth-order valence-electron chi connectivity index (χ4n) is 1.17. The van der Waals surface area contributed by atoms with Crippen LogP contribution in [0.5, 0.6) is 0 Å². The van der Waals surface area contributed by atoms with Crippen LogP contribution >= 0.6 is 0 Å². The smallest absolute Gasteiger partial charge is 0.0813 e. The molecule has 1 heterocycles. The molecule has 0 bridgehead atoms. The highest BCUT2D eigenvalue weighted by Gasteiger charge is 2.16. The Hall–Kier alpha value is -0.830. The minimum Gasteiger partial charge on any atom is -0.411 e. The van der Waals surface area contributed by atoms with E-state index in [0.29, 0.717) is 0 Å². The summed E-state index contributed by atoms with van der Waals surface area (Å²) in [6, 6.07) is 0. The lowest BCUT2D eigenvalue weighted by Crippen LogP contribution is -2.23. The normalized spacial score (nSPS) is 32.4. The first kappa shape index (κ1) is 8.27. The maximum atomic E-state index is 8.28. The van der Waals surface area contributed by atoms with Gasteiger partial charge in [0.05, 0.1) is 18.4 Å². The molecule has 1 aliphatic heterocycles. The maximum Gasteiger partial charge on any atom is 0.0813 e. The zero-order valence-corrected chi connectivity index (χ0v) is 6.82. The standard InChI is InChI=1S/C8H13NO2/c1-6-3-4-8(5-9-10)7(2)11-6/h4-7,10H,3H2,1-2H3/b9-5-/t6-,7+/m1/s1. The van der Waals surface area contributed by atoms with Crippen LogP contribution in [0.3, 0.4) is 0 Å². The topological polar surface area (TPSA) is 41.8 Å². The number of oxime groups is 1. The Morgan fingerprint density at radius 1 is 1.73 bits per heavy atom. The Morgan fingerprint density at radius 3 is 3.00 bits per heavy atom. The van der Waals surface area contributed by atoms with E-state index in [0.717, 1.165) is 12.0 Å². The molecule has 3 heteroatoms. The molecule has 0 amide bonds. The van der Waals surface area contributed by atoms with E-state index in [1.165, 1.54) is 6.21 Å². The molecule has 3 nitrogen and oxygen atoms in total. The van der Waals surface area contributed by atoms with Crippen molar-refractivity contribution in [1.29, 1.82) is 0 Å². The molecule has 0 aromatic rings. The Bertz CT molecular complexity index is 187. The van der Waals surface area contributed by atoms with Gasteiger partial charge in [0, 0.05) is 0 Å². The van der Waals surface area contributed by atoms with Gasteiger partial charge in [-0.2, -0.15) is 0 Å². The molecule has 0 saturated carbocycles. The summed E-state index contributed by atoms with van der Waals surface area (Å²) in [7, 11) is 0. The lowest BCUT2D eigenvalue weighted by molar-refractivity contribution is 0.0238.